The zero-order chi connectivity index (χ0) is 14.4. The molecule has 1 unspecified atom stereocenters. The monoisotopic (exact) mass is 262 g/mol. The number of aliphatic hydroxyl groups is 1. The molecule has 0 aromatic heterocycles. The third-order valence-electron chi connectivity index (χ3n) is 2.35. The van der Waals surface area contributed by atoms with E-state index >= 15 is 0 Å². The van der Waals surface area contributed by atoms with Gasteiger partial charge in [0, 0.05) is 6.42 Å². The second-order valence-electron chi connectivity index (χ2n) is 4.28. The molecule has 1 atom stereocenters. The molecule has 5 heteroatoms. The minimum absolute atomic E-state index is 0.341. The Kier molecular flexibility index (Phi) is 14.9. The number of unbranched alkanes of at least 4 members (excludes halogenated alkanes) is 6. The normalized spacial score (nSPS) is 11.3. The van der Waals surface area contributed by atoms with Gasteiger partial charge in [-0.05, 0) is 13.3 Å². The topological polar surface area (TPSA) is 94.8 Å². The van der Waals surface area contributed by atoms with Gasteiger partial charge in [-0.2, -0.15) is 0 Å². The summed E-state index contributed by atoms with van der Waals surface area (Å²) in [5, 5.41) is 24.1. The summed E-state index contributed by atoms with van der Waals surface area (Å²) in [6.07, 6.45) is 7.41. The molecule has 3 N–H and O–H groups in total. The van der Waals surface area contributed by atoms with Crippen LogP contribution < -0.4 is 0 Å². The van der Waals surface area contributed by atoms with Crippen LogP contribution in [0.25, 0.3) is 0 Å². The van der Waals surface area contributed by atoms with E-state index in [1.165, 1.54) is 39.0 Å². The first-order valence-corrected chi connectivity index (χ1v) is 6.54. The fourth-order valence-electron chi connectivity index (χ4n) is 1.23. The van der Waals surface area contributed by atoms with E-state index in [2.05, 4.69) is 6.92 Å². The lowest BCUT2D eigenvalue weighted by Crippen LogP contribution is -2.13. The van der Waals surface area contributed by atoms with Crippen LogP contribution in [-0.2, 0) is 9.59 Å². The molecule has 0 aromatic rings. The molecule has 0 heterocycles. The number of hydrogen-bond acceptors (Lipinski definition) is 3. The fraction of sp³-hybridized carbons (Fsp3) is 0.846. The average Bonchev–Trinajstić information content (AvgIpc) is 2.28. The Morgan fingerprint density at radius 2 is 1.33 bits per heavy atom. The van der Waals surface area contributed by atoms with Crippen molar-refractivity contribution in [3.8, 4) is 0 Å². The Labute approximate surface area is 109 Å². The molecule has 0 fully saturated rings. The largest absolute Gasteiger partial charge is 0.481 e. The first kappa shape index (κ1) is 19.2. The quantitative estimate of drug-likeness (QED) is 0.555. The lowest BCUT2D eigenvalue weighted by atomic mass is 10.1. The van der Waals surface area contributed by atoms with Crippen LogP contribution in [0.5, 0.6) is 0 Å². The Morgan fingerprint density at radius 3 is 1.67 bits per heavy atom. The number of rotatable bonds is 9. The van der Waals surface area contributed by atoms with Gasteiger partial charge in [-0.15, -0.1) is 0 Å². The van der Waals surface area contributed by atoms with Crippen molar-refractivity contribution >= 4 is 11.9 Å². The van der Waals surface area contributed by atoms with E-state index in [1.54, 1.807) is 0 Å². The Hall–Kier alpha value is -1.10. The third-order valence-corrected chi connectivity index (χ3v) is 2.35. The van der Waals surface area contributed by atoms with Gasteiger partial charge in [-0.25, -0.2) is 4.79 Å². The molecule has 108 valence electrons. The Balaban J connectivity index is 0. The Bertz CT molecular complexity index is 213. The molecule has 0 aromatic carbocycles. The smallest absolute Gasteiger partial charge is 0.332 e. The summed E-state index contributed by atoms with van der Waals surface area (Å²) in [4.78, 5) is 19.6. The standard InChI is InChI=1S/C10H20O2.C3H6O3/c1-2-3-4-5-6-7-8-9-10(11)12;1-2(4)3(5)6/h2-9H2,1H3,(H,11,12);2,4H,1H3,(H,5,6). The maximum atomic E-state index is 10.1. The molecule has 0 aliphatic rings. The molecule has 0 radical (unpaired) electrons. The molecule has 0 aliphatic heterocycles. The summed E-state index contributed by atoms with van der Waals surface area (Å²) in [5.41, 5.74) is 0. The molecule has 0 saturated heterocycles. The number of hydrogen-bond donors (Lipinski definition) is 3. The molecular weight excluding hydrogens is 236 g/mol. The van der Waals surface area contributed by atoms with Gasteiger partial charge in [-0.1, -0.05) is 45.4 Å². The molecule has 0 saturated carbocycles. The van der Waals surface area contributed by atoms with E-state index < -0.39 is 18.0 Å². The number of aliphatic carboxylic acids is 2. The number of carboxylic acids is 2. The second kappa shape index (κ2) is 14.0. The highest BCUT2D eigenvalue weighted by Crippen LogP contribution is 2.07. The molecule has 0 aliphatic carbocycles. The highest BCUT2D eigenvalue weighted by Gasteiger charge is 2.01. The summed E-state index contributed by atoms with van der Waals surface area (Å²) in [6.45, 7) is 3.40. The van der Waals surface area contributed by atoms with Crippen molar-refractivity contribution in [2.75, 3.05) is 0 Å². The summed E-state index contributed by atoms with van der Waals surface area (Å²) in [5.74, 6) is -1.85. The highest BCUT2D eigenvalue weighted by atomic mass is 16.4. The van der Waals surface area contributed by atoms with Crippen molar-refractivity contribution in [2.24, 2.45) is 0 Å². The summed E-state index contributed by atoms with van der Waals surface area (Å²) in [7, 11) is 0. The van der Waals surface area contributed by atoms with E-state index in [9.17, 15) is 9.59 Å². The van der Waals surface area contributed by atoms with Gasteiger partial charge >= 0.3 is 11.9 Å². The number of carboxylic acid groups (broad SMARTS) is 2. The van der Waals surface area contributed by atoms with Crippen molar-refractivity contribution < 1.29 is 24.9 Å². The maximum absolute atomic E-state index is 10.1. The SMILES string of the molecule is CC(O)C(=O)O.CCCCCCCCCC(=O)O. The van der Waals surface area contributed by atoms with Crippen LogP contribution in [-0.4, -0.2) is 33.4 Å². The van der Waals surface area contributed by atoms with Gasteiger partial charge < -0.3 is 15.3 Å². The van der Waals surface area contributed by atoms with Crippen LogP contribution in [0.1, 0.15) is 65.2 Å². The molecule has 0 amide bonds. The number of carbonyl (C=O) groups is 2. The van der Waals surface area contributed by atoms with Crippen molar-refractivity contribution in [2.45, 2.75) is 71.3 Å². The van der Waals surface area contributed by atoms with E-state index in [0.717, 1.165) is 12.8 Å². The molecule has 18 heavy (non-hydrogen) atoms. The predicted molar refractivity (Wildman–Crippen MR) is 69.6 cm³/mol. The predicted octanol–water partition coefficient (Wildman–Crippen LogP) is 2.66. The van der Waals surface area contributed by atoms with Gasteiger partial charge in [-0.3, -0.25) is 4.79 Å². The zero-order valence-corrected chi connectivity index (χ0v) is 11.4. The van der Waals surface area contributed by atoms with Crippen LogP contribution >= 0.6 is 0 Å². The molecular formula is C13H26O5. The number of aliphatic hydroxyl groups excluding tert-OH is 1. The third kappa shape index (κ3) is 20.3. The Morgan fingerprint density at radius 1 is 0.944 bits per heavy atom. The van der Waals surface area contributed by atoms with E-state index in [4.69, 9.17) is 15.3 Å². The molecule has 0 rings (SSSR count). The highest BCUT2D eigenvalue weighted by molar-refractivity contribution is 5.71. The van der Waals surface area contributed by atoms with E-state index in [1.807, 2.05) is 0 Å². The van der Waals surface area contributed by atoms with Gasteiger partial charge in [0.1, 0.15) is 6.10 Å². The summed E-state index contributed by atoms with van der Waals surface area (Å²) >= 11 is 0. The summed E-state index contributed by atoms with van der Waals surface area (Å²) in [6, 6.07) is 0. The fourth-order valence-corrected chi connectivity index (χ4v) is 1.23. The lowest BCUT2D eigenvalue weighted by molar-refractivity contribution is -0.145. The molecule has 0 bridgehead atoms. The zero-order valence-electron chi connectivity index (χ0n) is 11.4. The van der Waals surface area contributed by atoms with Crippen LogP contribution in [0, 0.1) is 0 Å². The average molecular weight is 262 g/mol. The minimum Gasteiger partial charge on any atom is -0.481 e. The molecule has 5 nitrogen and oxygen atoms in total. The molecule has 0 spiro atoms. The van der Waals surface area contributed by atoms with Gasteiger partial charge in [0.2, 0.25) is 0 Å². The van der Waals surface area contributed by atoms with Crippen molar-refractivity contribution in [3.05, 3.63) is 0 Å². The van der Waals surface area contributed by atoms with E-state index in [-0.39, 0.29) is 0 Å². The van der Waals surface area contributed by atoms with Crippen molar-refractivity contribution in [1.82, 2.24) is 0 Å². The van der Waals surface area contributed by atoms with Crippen molar-refractivity contribution in [1.29, 1.82) is 0 Å². The van der Waals surface area contributed by atoms with Gasteiger partial charge in [0.15, 0.2) is 0 Å². The second-order valence-corrected chi connectivity index (χ2v) is 4.28. The van der Waals surface area contributed by atoms with E-state index in [0.29, 0.717) is 6.42 Å². The maximum Gasteiger partial charge on any atom is 0.332 e. The van der Waals surface area contributed by atoms with Crippen LogP contribution in [0.15, 0.2) is 0 Å². The van der Waals surface area contributed by atoms with Gasteiger partial charge in [0.05, 0.1) is 0 Å². The van der Waals surface area contributed by atoms with Crippen molar-refractivity contribution in [3.63, 3.8) is 0 Å². The van der Waals surface area contributed by atoms with Crippen LogP contribution in [0.2, 0.25) is 0 Å². The first-order chi connectivity index (χ1) is 8.41. The van der Waals surface area contributed by atoms with Crippen LogP contribution in [0.4, 0.5) is 0 Å². The van der Waals surface area contributed by atoms with Gasteiger partial charge in [0.25, 0.3) is 0 Å². The summed E-state index contributed by atoms with van der Waals surface area (Å²) < 4.78 is 0. The minimum atomic E-state index is -1.23. The first-order valence-electron chi connectivity index (χ1n) is 6.54. The lowest BCUT2D eigenvalue weighted by Gasteiger charge is -1.98. The van der Waals surface area contributed by atoms with Crippen LogP contribution in [0.3, 0.4) is 0 Å².